The molecule has 0 atom stereocenters. The summed E-state index contributed by atoms with van der Waals surface area (Å²) in [4.78, 5) is 0. The van der Waals surface area contributed by atoms with Gasteiger partial charge in [0.05, 0.1) is 6.61 Å². The normalized spacial score (nSPS) is 17.4. The topological polar surface area (TPSA) is 9.23 Å². The second-order valence-corrected chi connectivity index (χ2v) is 5.63. The summed E-state index contributed by atoms with van der Waals surface area (Å²) in [6.45, 7) is 0.800. The highest BCUT2D eigenvalue weighted by molar-refractivity contribution is 7.80. The summed E-state index contributed by atoms with van der Waals surface area (Å²) in [5, 5.41) is 2.50. The van der Waals surface area contributed by atoms with Crippen LogP contribution in [-0.4, -0.2) is 12.4 Å². The van der Waals surface area contributed by atoms with E-state index in [0.717, 1.165) is 18.1 Å². The van der Waals surface area contributed by atoms with Gasteiger partial charge in [-0.05, 0) is 41.5 Å². The molecule has 2 aromatic rings. The Morgan fingerprint density at radius 1 is 1.06 bits per heavy atom. The molecule has 0 saturated heterocycles. The molecule has 0 aromatic heterocycles. The van der Waals surface area contributed by atoms with Gasteiger partial charge in [-0.15, -0.1) is 0 Å². The Bertz CT molecular complexity index is 540. The second-order valence-electron chi connectivity index (χ2n) is 5.31. The third-order valence-corrected chi connectivity index (χ3v) is 4.69. The van der Waals surface area contributed by atoms with Crippen LogP contribution in [0.2, 0.25) is 0 Å². The van der Waals surface area contributed by atoms with Crippen molar-refractivity contribution >= 4 is 23.4 Å². The molecule has 0 unspecified atom stereocenters. The monoisotopic (exact) mass is 258 g/mol. The first-order valence-electron chi connectivity index (χ1n) is 6.54. The first kappa shape index (κ1) is 11.9. The Labute approximate surface area is 114 Å². The zero-order valence-electron chi connectivity index (χ0n) is 10.4. The first-order valence-corrected chi connectivity index (χ1v) is 7.17. The van der Waals surface area contributed by atoms with Crippen LogP contribution >= 0.6 is 12.6 Å². The van der Waals surface area contributed by atoms with Crippen LogP contribution in [0.5, 0.6) is 5.75 Å². The smallest absolute Gasteiger partial charge is 0.119 e. The summed E-state index contributed by atoms with van der Waals surface area (Å²) in [6.07, 6.45) is 3.83. The highest BCUT2D eigenvalue weighted by Crippen LogP contribution is 2.42. The molecule has 2 aromatic carbocycles. The van der Waals surface area contributed by atoms with Crippen LogP contribution in [0.3, 0.4) is 0 Å². The molecule has 0 N–H and O–H groups in total. The fourth-order valence-electron chi connectivity index (χ4n) is 2.52. The maximum Gasteiger partial charge on any atom is 0.119 e. The number of hydrogen-bond acceptors (Lipinski definition) is 2. The fourth-order valence-corrected chi connectivity index (χ4v) is 2.93. The van der Waals surface area contributed by atoms with Crippen molar-refractivity contribution in [1.29, 1.82) is 0 Å². The van der Waals surface area contributed by atoms with Gasteiger partial charge in [0.15, 0.2) is 0 Å². The van der Waals surface area contributed by atoms with E-state index >= 15 is 0 Å². The lowest BCUT2D eigenvalue weighted by atomic mass is 9.71. The lowest BCUT2D eigenvalue weighted by Crippen LogP contribution is -2.37. The van der Waals surface area contributed by atoms with Gasteiger partial charge < -0.3 is 4.74 Å². The Balaban J connectivity index is 1.74. The van der Waals surface area contributed by atoms with E-state index < -0.39 is 0 Å². The molecule has 2 heteroatoms. The second kappa shape index (κ2) is 4.85. The molecule has 0 spiro atoms. The number of ether oxygens (including phenoxy) is 1. The van der Waals surface area contributed by atoms with Gasteiger partial charge in [0, 0.05) is 5.41 Å². The van der Waals surface area contributed by atoms with Crippen LogP contribution in [0.1, 0.15) is 19.3 Å². The molecule has 1 saturated carbocycles. The lowest BCUT2D eigenvalue weighted by Gasteiger charge is -2.40. The third-order valence-electron chi connectivity index (χ3n) is 4.02. The minimum Gasteiger partial charge on any atom is -0.493 e. The summed E-state index contributed by atoms with van der Waals surface area (Å²) in [5.74, 6) is 1.90. The molecule has 0 heterocycles. The van der Waals surface area contributed by atoms with E-state index in [-0.39, 0.29) is 0 Å². The van der Waals surface area contributed by atoms with Gasteiger partial charge in [-0.25, -0.2) is 0 Å². The largest absolute Gasteiger partial charge is 0.493 e. The first-order chi connectivity index (χ1) is 8.81. The van der Waals surface area contributed by atoms with E-state index in [0.29, 0.717) is 5.41 Å². The molecule has 1 aliphatic carbocycles. The third kappa shape index (κ3) is 2.22. The lowest BCUT2D eigenvalue weighted by molar-refractivity contribution is 0.0830. The Morgan fingerprint density at radius 2 is 1.83 bits per heavy atom. The minimum absolute atomic E-state index is 0.328. The number of fused-ring (bicyclic) bond motifs is 1. The minimum atomic E-state index is 0.328. The van der Waals surface area contributed by atoms with E-state index in [9.17, 15) is 0 Å². The maximum absolute atomic E-state index is 5.96. The quantitative estimate of drug-likeness (QED) is 0.804. The van der Waals surface area contributed by atoms with E-state index in [1.807, 2.05) is 0 Å². The van der Waals surface area contributed by atoms with E-state index in [2.05, 4.69) is 55.1 Å². The maximum atomic E-state index is 5.96. The molecule has 0 amide bonds. The predicted octanol–water partition coefficient (Wildman–Crippen LogP) is 4.32. The van der Waals surface area contributed by atoms with Crippen molar-refractivity contribution in [3.8, 4) is 5.75 Å². The molecule has 3 rings (SSSR count). The van der Waals surface area contributed by atoms with Crippen LogP contribution in [0.15, 0.2) is 42.5 Å². The van der Waals surface area contributed by atoms with E-state index in [1.54, 1.807) is 0 Å². The molecular weight excluding hydrogens is 240 g/mol. The molecule has 0 radical (unpaired) electrons. The number of rotatable bonds is 4. The van der Waals surface area contributed by atoms with Crippen LogP contribution in [0.25, 0.3) is 10.8 Å². The zero-order valence-corrected chi connectivity index (χ0v) is 11.3. The Kier molecular flexibility index (Phi) is 3.21. The van der Waals surface area contributed by atoms with Gasteiger partial charge in [0.1, 0.15) is 5.75 Å². The van der Waals surface area contributed by atoms with E-state index in [1.165, 1.54) is 30.0 Å². The van der Waals surface area contributed by atoms with Crippen molar-refractivity contribution in [3.63, 3.8) is 0 Å². The van der Waals surface area contributed by atoms with Crippen molar-refractivity contribution in [1.82, 2.24) is 0 Å². The summed E-state index contributed by atoms with van der Waals surface area (Å²) in [6, 6.07) is 14.7. The Morgan fingerprint density at radius 3 is 2.50 bits per heavy atom. The van der Waals surface area contributed by atoms with Crippen molar-refractivity contribution in [2.24, 2.45) is 5.41 Å². The van der Waals surface area contributed by atoms with Crippen molar-refractivity contribution in [3.05, 3.63) is 42.5 Å². The molecule has 0 bridgehead atoms. The molecule has 94 valence electrons. The van der Waals surface area contributed by atoms with Crippen LogP contribution < -0.4 is 4.74 Å². The van der Waals surface area contributed by atoms with Crippen LogP contribution in [0, 0.1) is 5.41 Å². The SMILES string of the molecule is SCC1(COc2ccc3ccccc3c2)CCC1. The number of benzene rings is 2. The van der Waals surface area contributed by atoms with Gasteiger partial charge in [0.2, 0.25) is 0 Å². The predicted molar refractivity (Wildman–Crippen MR) is 79.6 cm³/mol. The standard InChI is InChI=1S/C16H18OS/c18-12-16(8-3-9-16)11-17-15-7-6-13-4-1-2-5-14(13)10-15/h1-2,4-7,10,18H,3,8-9,11-12H2. The van der Waals surface area contributed by atoms with Crippen molar-refractivity contribution < 1.29 is 4.74 Å². The summed E-state index contributed by atoms with van der Waals surface area (Å²) in [5.41, 5.74) is 0.328. The highest BCUT2D eigenvalue weighted by atomic mass is 32.1. The summed E-state index contributed by atoms with van der Waals surface area (Å²) in [7, 11) is 0. The molecular formula is C16H18OS. The molecule has 1 fully saturated rings. The van der Waals surface area contributed by atoms with Gasteiger partial charge >= 0.3 is 0 Å². The molecule has 1 aliphatic rings. The van der Waals surface area contributed by atoms with Crippen LogP contribution in [-0.2, 0) is 0 Å². The number of hydrogen-bond donors (Lipinski definition) is 1. The van der Waals surface area contributed by atoms with Crippen molar-refractivity contribution in [2.75, 3.05) is 12.4 Å². The highest BCUT2D eigenvalue weighted by Gasteiger charge is 2.36. The average Bonchev–Trinajstić information content (AvgIpc) is 2.38. The molecule has 1 nitrogen and oxygen atoms in total. The van der Waals surface area contributed by atoms with Crippen molar-refractivity contribution in [2.45, 2.75) is 19.3 Å². The van der Waals surface area contributed by atoms with Gasteiger partial charge in [-0.3, -0.25) is 0 Å². The molecule has 0 aliphatic heterocycles. The van der Waals surface area contributed by atoms with Gasteiger partial charge in [0.25, 0.3) is 0 Å². The molecule has 18 heavy (non-hydrogen) atoms. The zero-order chi connectivity index (χ0) is 12.4. The van der Waals surface area contributed by atoms with Crippen LogP contribution in [0.4, 0.5) is 0 Å². The van der Waals surface area contributed by atoms with E-state index in [4.69, 9.17) is 4.74 Å². The summed E-state index contributed by atoms with van der Waals surface area (Å²) >= 11 is 4.46. The average molecular weight is 258 g/mol. The summed E-state index contributed by atoms with van der Waals surface area (Å²) < 4.78 is 5.96. The van der Waals surface area contributed by atoms with Gasteiger partial charge in [-0.1, -0.05) is 36.8 Å². The Hall–Kier alpha value is -1.15. The fraction of sp³-hybridized carbons (Fsp3) is 0.375. The number of thiol groups is 1. The van der Waals surface area contributed by atoms with Gasteiger partial charge in [-0.2, -0.15) is 12.6 Å².